The van der Waals surface area contributed by atoms with Crippen LogP contribution < -0.4 is 0 Å². The van der Waals surface area contributed by atoms with Gasteiger partial charge in [-0.05, 0) is 19.2 Å². The van der Waals surface area contributed by atoms with Crippen molar-refractivity contribution < 1.29 is 19.8 Å². The maximum Gasteiger partial charge on any atom is 0.337 e. The quantitative estimate of drug-likeness (QED) is 0.612. The highest BCUT2D eigenvalue weighted by Gasteiger charge is 2.19. The Hall–Kier alpha value is -1.62. The monoisotopic (exact) mass is 226 g/mol. The van der Waals surface area contributed by atoms with Crippen molar-refractivity contribution in [1.82, 2.24) is 0 Å². The standard InChI is InChI=1S/C10H10O4S/c1-5(11)9(6(2)12)7-3-15-4-8(7)10(13)14/h3-4,11H,1-2H3,(H,13,14). The van der Waals surface area contributed by atoms with E-state index >= 15 is 0 Å². The van der Waals surface area contributed by atoms with Gasteiger partial charge in [-0.2, -0.15) is 11.3 Å². The summed E-state index contributed by atoms with van der Waals surface area (Å²) in [5.41, 5.74) is 0.382. The number of hydrogen-bond acceptors (Lipinski definition) is 4. The van der Waals surface area contributed by atoms with Crippen molar-refractivity contribution in [2.75, 3.05) is 0 Å². The summed E-state index contributed by atoms with van der Waals surface area (Å²) in [6.07, 6.45) is 0. The van der Waals surface area contributed by atoms with Crippen LogP contribution in [0.1, 0.15) is 29.8 Å². The van der Waals surface area contributed by atoms with E-state index < -0.39 is 5.97 Å². The number of aliphatic hydroxyl groups is 1. The number of carboxylic acid groups (broad SMARTS) is 1. The fourth-order valence-corrected chi connectivity index (χ4v) is 2.11. The van der Waals surface area contributed by atoms with Crippen molar-refractivity contribution in [3.05, 3.63) is 27.6 Å². The van der Waals surface area contributed by atoms with Crippen LogP contribution in [0, 0.1) is 0 Å². The van der Waals surface area contributed by atoms with Gasteiger partial charge in [0, 0.05) is 10.9 Å². The molecule has 2 N–H and O–H groups in total. The fourth-order valence-electron chi connectivity index (χ4n) is 1.30. The van der Waals surface area contributed by atoms with Crippen molar-refractivity contribution in [2.24, 2.45) is 0 Å². The predicted molar refractivity (Wildman–Crippen MR) is 57.2 cm³/mol. The van der Waals surface area contributed by atoms with Gasteiger partial charge in [0.05, 0.1) is 11.1 Å². The SMILES string of the molecule is CC(=O)C(=C(C)O)c1cscc1C(=O)O. The summed E-state index contributed by atoms with van der Waals surface area (Å²) in [6, 6.07) is 0. The summed E-state index contributed by atoms with van der Waals surface area (Å²) in [6.45, 7) is 2.65. The molecule has 80 valence electrons. The zero-order chi connectivity index (χ0) is 11.6. The molecule has 0 unspecified atom stereocenters. The van der Waals surface area contributed by atoms with Gasteiger partial charge in [0.2, 0.25) is 0 Å². The minimum absolute atomic E-state index is 0.0404. The van der Waals surface area contributed by atoms with E-state index in [1.54, 1.807) is 5.38 Å². The number of carboxylic acids is 1. The third-order valence-corrected chi connectivity index (χ3v) is 2.62. The van der Waals surface area contributed by atoms with Gasteiger partial charge < -0.3 is 10.2 Å². The topological polar surface area (TPSA) is 74.6 Å². The third-order valence-electron chi connectivity index (χ3n) is 1.88. The number of carbonyl (C=O) groups is 2. The minimum atomic E-state index is -1.11. The molecule has 0 spiro atoms. The molecule has 0 radical (unpaired) electrons. The molecule has 0 saturated heterocycles. The lowest BCUT2D eigenvalue weighted by molar-refractivity contribution is -0.111. The van der Waals surface area contributed by atoms with E-state index in [4.69, 9.17) is 5.11 Å². The molecule has 0 aliphatic heterocycles. The average Bonchev–Trinajstić information content (AvgIpc) is 2.51. The predicted octanol–water partition coefficient (Wildman–Crippen LogP) is 2.32. The van der Waals surface area contributed by atoms with Crippen LogP contribution in [-0.2, 0) is 4.79 Å². The Morgan fingerprint density at radius 3 is 2.07 bits per heavy atom. The minimum Gasteiger partial charge on any atom is -0.512 e. The molecule has 1 aromatic heterocycles. The van der Waals surface area contributed by atoms with E-state index in [-0.39, 0.29) is 28.2 Å². The van der Waals surface area contributed by atoms with Gasteiger partial charge in [0.1, 0.15) is 5.76 Å². The lowest BCUT2D eigenvalue weighted by Crippen LogP contribution is -2.04. The summed E-state index contributed by atoms with van der Waals surface area (Å²) in [7, 11) is 0. The number of thiophene rings is 1. The number of Topliss-reactive ketones (excluding diaryl/α,β-unsaturated/α-hetero) is 1. The van der Waals surface area contributed by atoms with E-state index in [1.165, 1.54) is 30.6 Å². The molecular formula is C10H10O4S. The van der Waals surface area contributed by atoms with Gasteiger partial charge in [-0.3, -0.25) is 4.79 Å². The molecule has 0 amide bonds. The zero-order valence-corrected chi connectivity index (χ0v) is 9.09. The third kappa shape index (κ3) is 2.24. The van der Waals surface area contributed by atoms with E-state index in [1.807, 2.05) is 0 Å². The molecule has 15 heavy (non-hydrogen) atoms. The van der Waals surface area contributed by atoms with Crippen molar-refractivity contribution >= 4 is 28.7 Å². The molecule has 0 aliphatic rings. The summed E-state index contributed by atoms with van der Waals surface area (Å²) in [4.78, 5) is 22.1. The van der Waals surface area contributed by atoms with E-state index in [9.17, 15) is 14.7 Å². The Morgan fingerprint density at radius 1 is 1.13 bits per heavy atom. The highest BCUT2D eigenvalue weighted by atomic mass is 32.1. The van der Waals surface area contributed by atoms with Gasteiger partial charge in [-0.15, -0.1) is 0 Å². The molecule has 0 aliphatic carbocycles. The van der Waals surface area contributed by atoms with Crippen LogP contribution >= 0.6 is 11.3 Å². The van der Waals surface area contributed by atoms with Crippen LogP contribution in [0.2, 0.25) is 0 Å². The number of ketones is 1. The Bertz CT molecular complexity index is 438. The normalized spacial score (nSPS) is 12.1. The molecule has 0 aromatic carbocycles. The maximum absolute atomic E-state index is 11.3. The molecule has 5 heteroatoms. The van der Waals surface area contributed by atoms with Crippen LogP contribution in [-0.4, -0.2) is 22.0 Å². The van der Waals surface area contributed by atoms with Crippen LogP contribution in [0.3, 0.4) is 0 Å². The number of carbonyl (C=O) groups excluding carboxylic acids is 1. The Morgan fingerprint density at radius 2 is 1.67 bits per heavy atom. The maximum atomic E-state index is 11.3. The van der Waals surface area contributed by atoms with Crippen LogP contribution in [0.5, 0.6) is 0 Å². The highest BCUT2D eigenvalue weighted by molar-refractivity contribution is 7.08. The lowest BCUT2D eigenvalue weighted by Gasteiger charge is -2.04. The first kappa shape index (κ1) is 11.5. The van der Waals surface area contributed by atoms with Gasteiger partial charge in [-0.25, -0.2) is 4.79 Å². The molecular weight excluding hydrogens is 216 g/mol. The van der Waals surface area contributed by atoms with Crippen LogP contribution in [0.15, 0.2) is 16.5 Å². The summed E-state index contributed by atoms with van der Waals surface area (Å²) >= 11 is 1.18. The number of rotatable bonds is 3. The second-order valence-corrected chi connectivity index (χ2v) is 3.76. The van der Waals surface area contributed by atoms with Gasteiger partial charge in [0.15, 0.2) is 5.78 Å². The molecule has 0 atom stereocenters. The van der Waals surface area contributed by atoms with Gasteiger partial charge in [0.25, 0.3) is 0 Å². The molecule has 0 bridgehead atoms. The second-order valence-electron chi connectivity index (χ2n) is 3.02. The Labute approximate surface area is 90.5 Å². The first-order valence-corrected chi connectivity index (χ1v) is 5.10. The summed E-state index contributed by atoms with van der Waals surface area (Å²) in [5, 5.41) is 21.2. The first-order chi connectivity index (χ1) is 6.95. The molecule has 0 fully saturated rings. The molecule has 0 saturated carbocycles. The molecule has 1 heterocycles. The van der Waals surface area contributed by atoms with E-state index in [2.05, 4.69) is 0 Å². The zero-order valence-electron chi connectivity index (χ0n) is 8.27. The lowest BCUT2D eigenvalue weighted by atomic mass is 10.0. The number of aromatic carboxylic acids is 1. The summed E-state index contributed by atoms with van der Waals surface area (Å²) in [5.74, 6) is -1.62. The molecule has 1 aromatic rings. The van der Waals surface area contributed by atoms with E-state index in [0.717, 1.165) is 0 Å². The second kappa shape index (κ2) is 4.27. The first-order valence-electron chi connectivity index (χ1n) is 4.15. The van der Waals surface area contributed by atoms with Crippen LogP contribution in [0.25, 0.3) is 5.57 Å². The number of hydrogen-bond donors (Lipinski definition) is 2. The van der Waals surface area contributed by atoms with Crippen molar-refractivity contribution in [3.63, 3.8) is 0 Å². The fraction of sp³-hybridized carbons (Fsp3) is 0.200. The van der Waals surface area contributed by atoms with Crippen LogP contribution in [0.4, 0.5) is 0 Å². The van der Waals surface area contributed by atoms with Crippen molar-refractivity contribution in [3.8, 4) is 0 Å². The summed E-state index contributed by atoms with van der Waals surface area (Å²) < 4.78 is 0. The average molecular weight is 226 g/mol. The molecule has 4 nitrogen and oxygen atoms in total. The Kier molecular flexibility index (Phi) is 3.26. The largest absolute Gasteiger partial charge is 0.512 e. The highest BCUT2D eigenvalue weighted by Crippen LogP contribution is 2.26. The van der Waals surface area contributed by atoms with Crippen molar-refractivity contribution in [1.29, 1.82) is 0 Å². The van der Waals surface area contributed by atoms with E-state index in [0.29, 0.717) is 0 Å². The van der Waals surface area contributed by atoms with Crippen molar-refractivity contribution in [2.45, 2.75) is 13.8 Å². The molecule has 1 rings (SSSR count). The number of allylic oxidation sites excluding steroid dienone is 2. The number of aliphatic hydroxyl groups excluding tert-OH is 1. The van der Waals surface area contributed by atoms with Gasteiger partial charge >= 0.3 is 5.97 Å². The Balaban J connectivity index is 3.38. The smallest absolute Gasteiger partial charge is 0.337 e. The van der Waals surface area contributed by atoms with Gasteiger partial charge in [-0.1, -0.05) is 0 Å².